The summed E-state index contributed by atoms with van der Waals surface area (Å²) >= 11 is 2.21. The van der Waals surface area contributed by atoms with Crippen molar-refractivity contribution >= 4 is 34.2 Å². The Kier molecular flexibility index (Phi) is 5.00. The summed E-state index contributed by atoms with van der Waals surface area (Å²) in [5.41, 5.74) is 9.42. The lowest BCUT2D eigenvalue weighted by Crippen LogP contribution is -2.26. The summed E-state index contributed by atoms with van der Waals surface area (Å²) in [6, 6.07) is 13.5. The molecule has 4 heteroatoms. The van der Waals surface area contributed by atoms with Crippen molar-refractivity contribution in [3.05, 3.63) is 62.7 Å². The number of anilines is 1. The smallest absolute Gasteiger partial charge is 0.252 e. The van der Waals surface area contributed by atoms with Crippen molar-refractivity contribution in [3.8, 4) is 0 Å². The van der Waals surface area contributed by atoms with Gasteiger partial charge >= 0.3 is 0 Å². The Morgan fingerprint density at radius 3 is 2.60 bits per heavy atom. The van der Waals surface area contributed by atoms with Crippen LogP contribution in [0.2, 0.25) is 0 Å². The number of nitrogens with one attached hydrogen (secondary N) is 1. The number of nitrogen functional groups attached to an aromatic ring is 1. The second-order valence-corrected chi connectivity index (χ2v) is 5.76. The highest BCUT2D eigenvalue weighted by molar-refractivity contribution is 14.1. The Labute approximate surface area is 132 Å². The molecule has 1 amide bonds. The molecule has 2 aromatic carbocycles. The Morgan fingerprint density at radius 2 is 1.90 bits per heavy atom. The van der Waals surface area contributed by atoms with Crippen molar-refractivity contribution in [1.82, 2.24) is 5.32 Å². The van der Waals surface area contributed by atoms with E-state index >= 15 is 0 Å². The first kappa shape index (κ1) is 14.8. The minimum atomic E-state index is -0.0199. The zero-order valence-corrected chi connectivity index (χ0v) is 13.5. The molecule has 20 heavy (non-hydrogen) atoms. The van der Waals surface area contributed by atoms with Crippen molar-refractivity contribution in [1.29, 1.82) is 0 Å². The van der Waals surface area contributed by atoms with Gasteiger partial charge in [0.25, 0.3) is 5.91 Å². The molecular weight excluding hydrogens is 363 g/mol. The topological polar surface area (TPSA) is 55.1 Å². The summed E-state index contributed by atoms with van der Waals surface area (Å²) in [5.74, 6) is -0.0199. The van der Waals surface area contributed by atoms with Gasteiger partial charge in [0, 0.05) is 15.8 Å². The number of aryl methyl sites for hydroxylation is 1. The minimum Gasteiger partial charge on any atom is -0.399 e. The van der Waals surface area contributed by atoms with E-state index in [2.05, 4.69) is 27.9 Å². The van der Waals surface area contributed by atoms with Crippen LogP contribution in [0.3, 0.4) is 0 Å². The highest BCUT2D eigenvalue weighted by atomic mass is 127. The Bertz CT molecular complexity index is 608. The number of hydrogen-bond acceptors (Lipinski definition) is 2. The third-order valence-corrected chi connectivity index (χ3v) is 4.55. The first-order chi connectivity index (χ1) is 9.58. The zero-order valence-electron chi connectivity index (χ0n) is 11.3. The maximum Gasteiger partial charge on any atom is 0.252 e. The van der Waals surface area contributed by atoms with Crippen LogP contribution < -0.4 is 11.1 Å². The van der Waals surface area contributed by atoms with E-state index in [1.54, 1.807) is 0 Å². The molecule has 3 N–H and O–H groups in total. The van der Waals surface area contributed by atoms with Crippen LogP contribution in [0.5, 0.6) is 0 Å². The molecule has 3 nitrogen and oxygen atoms in total. The molecule has 0 bridgehead atoms. The Hall–Kier alpha value is -1.56. The predicted molar refractivity (Wildman–Crippen MR) is 90.8 cm³/mol. The Balaban J connectivity index is 1.92. The van der Waals surface area contributed by atoms with Gasteiger partial charge in [0.15, 0.2) is 0 Å². The SMILES string of the molecule is Cc1cccc(C(=O)NCCc2ccc(N)cc2)c1I. The number of nitrogens with two attached hydrogens (primary N) is 1. The van der Waals surface area contributed by atoms with E-state index in [1.165, 1.54) is 5.56 Å². The highest BCUT2D eigenvalue weighted by Gasteiger charge is 2.10. The lowest BCUT2D eigenvalue weighted by atomic mass is 10.1. The third kappa shape index (κ3) is 3.72. The van der Waals surface area contributed by atoms with Crippen LogP contribution in [-0.2, 0) is 6.42 Å². The summed E-state index contributed by atoms with van der Waals surface area (Å²) in [5, 5.41) is 2.96. The largest absolute Gasteiger partial charge is 0.399 e. The zero-order chi connectivity index (χ0) is 14.5. The van der Waals surface area contributed by atoms with Crippen molar-refractivity contribution in [3.63, 3.8) is 0 Å². The van der Waals surface area contributed by atoms with Gasteiger partial charge < -0.3 is 11.1 Å². The van der Waals surface area contributed by atoms with Crippen LogP contribution in [0.25, 0.3) is 0 Å². The molecule has 0 aromatic heterocycles. The fraction of sp³-hybridized carbons (Fsp3) is 0.188. The van der Waals surface area contributed by atoms with Gasteiger partial charge in [-0.1, -0.05) is 24.3 Å². The molecule has 0 spiro atoms. The lowest BCUT2D eigenvalue weighted by molar-refractivity contribution is 0.0953. The third-order valence-electron chi connectivity index (χ3n) is 3.12. The fourth-order valence-corrected chi connectivity index (χ4v) is 2.53. The van der Waals surface area contributed by atoms with Crippen LogP contribution in [0.15, 0.2) is 42.5 Å². The summed E-state index contributed by atoms with van der Waals surface area (Å²) in [7, 11) is 0. The molecule has 0 heterocycles. The number of carbonyl (C=O) groups excluding carboxylic acids is 1. The number of halogens is 1. The summed E-state index contributed by atoms with van der Waals surface area (Å²) < 4.78 is 1.01. The van der Waals surface area contributed by atoms with Crippen molar-refractivity contribution in [2.75, 3.05) is 12.3 Å². The van der Waals surface area contributed by atoms with Crippen LogP contribution >= 0.6 is 22.6 Å². The van der Waals surface area contributed by atoms with Gasteiger partial charge in [0.2, 0.25) is 0 Å². The number of amides is 1. The predicted octanol–water partition coefficient (Wildman–Crippen LogP) is 3.15. The molecule has 2 rings (SSSR count). The maximum absolute atomic E-state index is 12.1. The average molecular weight is 380 g/mol. The standard InChI is InChI=1S/C16H17IN2O/c1-11-3-2-4-14(15(11)17)16(20)19-10-9-12-5-7-13(18)8-6-12/h2-8H,9-10,18H2,1H3,(H,19,20). The van der Waals surface area contributed by atoms with Gasteiger partial charge in [-0.05, 0) is 65.3 Å². The molecule has 2 aromatic rings. The van der Waals surface area contributed by atoms with E-state index in [1.807, 2.05) is 49.4 Å². The van der Waals surface area contributed by atoms with Crippen LogP contribution in [0, 0.1) is 10.5 Å². The highest BCUT2D eigenvalue weighted by Crippen LogP contribution is 2.16. The molecule has 0 fully saturated rings. The second-order valence-electron chi connectivity index (χ2n) is 4.68. The number of carbonyl (C=O) groups is 1. The summed E-state index contributed by atoms with van der Waals surface area (Å²) in [6.45, 7) is 2.62. The van der Waals surface area contributed by atoms with Gasteiger partial charge in [-0.15, -0.1) is 0 Å². The van der Waals surface area contributed by atoms with Gasteiger partial charge in [-0.2, -0.15) is 0 Å². The Morgan fingerprint density at radius 1 is 1.20 bits per heavy atom. The fourth-order valence-electron chi connectivity index (χ4n) is 1.92. The number of hydrogen-bond donors (Lipinski definition) is 2. The quantitative estimate of drug-likeness (QED) is 0.633. The molecule has 0 aliphatic heterocycles. The molecule has 0 unspecified atom stereocenters. The number of benzene rings is 2. The molecule has 0 saturated carbocycles. The molecule has 0 saturated heterocycles. The van der Waals surface area contributed by atoms with E-state index in [4.69, 9.17) is 5.73 Å². The van der Waals surface area contributed by atoms with Crippen LogP contribution in [0.4, 0.5) is 5.69 Å². The lowest BCUT2D eigenvalue weighted by Gasteiger charge is -2.08. The normalized spacial score (nSPS) is 10.3. The average Bonchev–Trinajstić information content (AvgIpc) is 2.44. The monoisotopic (exact) mass is 380 g/mol. The van der Waals surface area contributed by atoms with Crippen molar-refractivity contribution in [2.45, 2.75) is 13.3 Å². The van der Waals surface area contributed by atoms with Gasteiger partial charge in [0.05, 0.1) is 5.56 Å². The van der Waals surface area contributed by atoms with E-state index in [-0.39, 0.29) is 5.91 Å². The molecular formula is C16H17IN2O. The van der Waals surface area contributed by atoms with Crippen molar-refractivity contribution < 1.29 is 4.79 Å². The van der Waals surface area contributed by atoms with Crippen molar-refractivity contribution in [2.24, 2.45) is 0 Å². The minimum absolute atomic E-state index is 0.0199. The molecule has 0 aliphatic rings. The van der Waals surface area contributed by atoms with Gasteiger partial charge in [0.1, 0.15) is 0 Å². The second kappa shape index (κ2) is 6.74. The summed E-state index contributed by atoms with van der Waals surface area (Å²) in [6.07, 6.45) is 0.800. The molecule has 0 atom stereocenters. The molecule has 0 radical (unpaired) electrons. The van der Waals surface area contributed by atoms with Crippen LogP contribution in [-0.4, -0.2) is 12.5 Å². The van der Waals surface area contributed by atoms with Crippen LogP contribution in [0.1, 0.15) is 21.5 Å². The number of rotatable bonds is 4. The van der Waals surface area contributed by atoms with E-state index in [9.17, 15) is 4.79 Å². The van der Waals surface area contributed by atoms with E-state index in [0.717, 1.165) is 26.8 Å². The molecule has 0 aliphatic carbocycles. The van der Waals surface area contributed by atoms with E-state index in [0.29, 0.717) is 6.54 Å². The van der Waals surface area contributed by atoms with E-state index < -0.39 is 0 Å². The van der Waals surface area contributed by atoms with Gasteiger partial charge in [-0.3, -0.25) is 4.79 Å². The first-order valence-corrected chi connectivity index (χ1v) is 7.53. The maximum atomic E-state index is 12.1. The first-order valence-electron chi connectivity index (χ1n) is 6.45. The molecule has 104 valence electrons. The van der Waals surface area contributed by atoms with Gasteiger partial charge in [-0.25, -0.2) is 0 Å². The summed E-state index contributed by atoms with van der Waals surface area (Å²) in [4.78, 5) is 12.1.